The van der Waals surface area contributed by atoms with Crippen LogP contribution in [0.5, 0.6) is 5.75 Å². The number of aromatic amines is 1. The first kappa shape index (κ1) is 12.2. The average Bonchev–Trinajstić information content (AvgIpc) is 2.85. The lowest BCUT2D eigenvalue weighted by molar-refractivity contribution is -0.114. The summed E-state index contributed by atoms with van der Waals surface area (Å²) >= 11 is 0. The van der Waals surface area contributed by atoms with Gasteiger partial charge < -0.3 is 10.1 Å². The molecule has 1 heterocycles. The number of hydrogen-bond acceptors (Lipinski definition) is 3. The predicted octanol–water partition coefficient (Wildman–Crippen LogP) is 2.89. The molecule has 20 heavy (non-hydrogen) atoms. The monoisotopic (exact) mass is 267 g/mol. The van der Waals surface area contributed by atoms with Gasteiger partial charge in [0.05, 0.1) is 11.9 Å². The highest BCUT2D eigenvalue weighted by Crippen LogP contribution is 2.35. The fourth-order valence-electron chi connectivity index (χ4n) is 2.22. The number of fused-ring (bicyclic) bond motifs is 1. The summed E-state index contributed by atoms with van der Waals surface area (Å²) in [5.74, 6) is 0.328. The second kappa shape index (κ2) is 4.70. The summed E-state index contributed by atoms with van der Waals surface area (Å²) in [6, 6.07) is 11.3. The summed E-state index contributed by atoms with van der Waals surface area (Å²) in [4.78, 5) is 18.1. The lowest BCUT2D eigenvalue weighted by Crippen LogP contribution is -2.06. The number of phenolic OH excluding ortho intramolecular Hbond substituents is 1. The van der Waals surface area contributed by atoms with Crippen molar-refractivity contribution in [3.63, 3.8) is 0 Å². The maximum atomic E-state index is 11.0. The number of carbonyl (C=O) groups excluding carboxylic acids is 1. The number of nitrogens with one attached hydrogen (secondary N) is 2. The van der Waals surface area contributed by atoms with E-state index in [4.69, 9.17) is 0 Å². The number of benzene rings is 2. The molecule has 0 spiro atoms. The molecule has 0 radical (unpaired) electrons. The third kappa shape index (κ3) is 2.09. The summed E-state index contributed by atoms with van der Waals surface area (Å²) < 4.78 is 0. The Morgan fingerprint density at radius 1 is 1.25 bits per heavy atom. The Kier molecular flexibility index (Phi) is 2.87. The molecule has 1 aromatic heterocycles. The van der Waals surface area contributed by atoms with Crippen molar-refractivity contribution in [3.05, 3.63) is 42.6 Å². The maximum Gasteiger partial charge on any atom is 0.223 e. The van der Waals surface area contributed by atoms with Crippen molar-refractivity contribution >= 4 is 22.6 Å². The van der Waals surface area contributed by atoms with Gasteiger partial charge in [-0.15, -0.1) is 0 Å². The summed E-state index contributed by atoms with van der Waals surface area (Å²) in [6.07, 6.45) is 1.59. The molecule has 100 valence electrons. The predicted molar refractivity (Wildman–Crippen MR) is 77.5 cm³/mol. The van der Waals surface area contributed by atoms with Gasteiger partial charge in [0, 0.05) is 12.5 Å². The molecule has 0 saturated carbocycles. The minimum absolute atomic E-state index is 0.168. The quantitative estimate of drug-likeness (QED) is 0.668. The molecular weight excluding hydrogens is 254 g/mol. The first-order valence-corrected chi connectivity index (χ1v) is 6.19. The van der Waals surface area contributed by atoms with Crippen LogP contribution in [0.15, 0.2) is 42.6 Å². The fraction of sp³-hybridized carbons (Fsp3) is 0.0667. The van der Waals surface area contributed by atoms with Crippen LogP contribution in [0, 0.1) is 0 Å². The lowest BCUT2D eigenvalue weighted by atomic mass is 10.0. The van der Waals surface area contributed by atoms with Gasteiger partial charge in [0.15, 0.2) is 0 Å². The Bertz CT molecular complexity index is 793. The van der Waals surface area contributed by atoms with Crippen LogP contribution in [0.3, 0.4) is 0 Å². The van der Waals surface area contributed by atoms with Gasteiger partial charge in [-0.25, -0.2) is 4.98 Å². The summed E-state index contributed by atoms with van der Waals surface area (Å²) in [5, 5.41) is 14.6. The normalized spacial score (nSPS) is 10.7. The van der Waals surface area contributed by atoms with E-state index in [1.54, 1.807) is 12.3 Å². The van der Waals surface area contributed by atoms with Crippen LogP contribution >= 0.6 is 0 Å². The highest BCUT2D eigenvalue weighted by atomic mass is 16.3. The Morgan fingerprint density at radius 2 is 2.05 bits per heavy atom. The van der Waals surface area contributed by atoms with Crippen molar-refractivity contribution in [2.24, 2.45) is 0 Å². The first-order valence-electron chi connectivity index (χ1n) is 6.19. The third-order valence-electron chi connectivity index (χ3n) is 3.05. The smallest absolute Gasteiger partial charge is 0.223 e. The van der Waals surface area contributed by atoms with Crippen LogP contribution < -0.4 is 5.32 Å². The minimum Gasteiger partial charge on any atom is -0.507 e. The number of H-pyrrole nitrogens is 1. The molecule has 0 aliphatic carbocycles. The number of nitrogens with zero attached hydrogens (tertiary/aromatic N) is 1. The maximum absolute atomic E-state index is 11.0. The SMILES string of the molecule is CC(=O)Nc1ncc(-c2c(O)ccc3ccccc23)[nH]1. The number of anilines is 1. The molecule has 3 rings (SSSR count). The number of phenols is 1. The van der Waals surface area contributed by atoms with E-state index in [0.717, 1.165) is 10.8 Å². The Labute approximate surface area is 115 Å². The van der Waals surface area contributed by atoms with Crippen LogP contribution in [0.25, 0.3) is 22.0 Å². The number of imidazole rings is 1. The van der Waals surface area contributed by atoms with E-state index in [1.807, 2.05) is 30.3 Å². The molecule has 0 saturated heterocycles. The van der Waals surface area contributed by atoms with E-state index in [9.17, 15) is 9.90 Å². The Balaban J connectivity index is 2.16. The number of aromatic nitrogens is 2. The van der Waals surface area contributed by atoms with Gasteiger partial charge in [0.25, 0.3) is 0 Å². The largest absolute Gasteiger partial charge is 0.507 e. The standard InChI is InChI=1S/C15H13N3O2/c1-9(19)17-15-16-8-12(18-15)14-11-5-3-2-4-10(11)6-7-13(14)20/h2-8,20H,1H3,(H2,16,17,18,19). The number of amides is 1. The van der Waals surface area contributed by atoms with E-state index >= 15 is 0 Å². The number of rotatable bonds is 2. The van der Waals surface area contributed by atoms with Gasteiger partial charge in [-0.3, -0.25) is 10.1 Å². The molecule has 0 aliphatic rings. The molecule has 5 nitrogen and oxygen atoms in total. The number of hydrogen-bond donors (Lipinski definition) is 3. The van der Waals surface area contributed by atoms with Crippen molar-refractivity contribution in [1.82, 2.24) is 9.97 Å². The van der Waals surface area contributed by atoms with Crippen molar-refractivity contribution in [2.75, 3.05) is 5.32 Å². The highest BCUT2D eigenvalue weighted by molar-refractivity contribution is 5.99. The molecule has 5 heteroatoms. The zero-order valence-electron chi connectivity index (χ0n) is 10.8. The van der Waals surface area contributed by atoms with E-state index in [-0.39, 0.29) is 11.7 Å². The van der Waals surface area contributed by atoms with Crippen LogP contribution in [-0.2, 0) is 4.79 Å². The van der Waals surface area contributed by atoms with E-state index in [1.165, 1.54) is 6.92 Å². The van der Waals surface area contributed by atoms with Crippen molar-refractivity contribution < 1.29 is 9.90 Å². The summed E-state index contributed by atoms with van der Waals surface area (Å²) in [5.41, 5.74) is 1.33. The first-order chi connectivity index (χ1) is 9.65. The Hall–Kier alpha value is -2.82. The van der Waals surface area contributed by atoms with E-state index in [0.29, 0.717) is 17.2 Å². The molecule has 0 fully saturated rings. The van der Waals surface area contributed by atoms with Crippen LogP contribution in [0.2, 0.25) is 0 Å². The second-order valence-corrected chi connectivity index (χ2v) is 4.51. The van der Waals surface area contributed by atoms with E-state index < -0.39 is 0 Å². The number of carbonyl (C=O) groups is 1. The van der Waals surface area contributed by atoms with Gasteiger partial charge in [0.2, 0.25) is 11.9 Å². The third-order valence-corrected chi connectivity index (χ3v) is 3.05. The van der Waals surface area contributed by atoms with Gasteiger partial charge in [0.1, 0.15) is 5.75 Å². The molecule has 0 unspecified atom stereocenters. The second-order valence-electron chi connectivity index (χ2n) is 4.51. The molecule has 3 aromatic rings. The van der Waals surface area contributed by atoms with Gasteiger partial charge in [-0.1, -0.05) is 30.3 Å². The van der Waals surface area contributed by atoms with Crippen LogP contribution in [0.4, 0.5) is 5.95 Å². The lowest BCUT2D eigenvalue weighted by Gasteiger charge is -2.07. The topological polar surface area (TPSA) is 78.0 Å². The van der Waals surface area contributed by atoms with Gasteiger partial charge >= 0.3 is 0 Å². The van der Waals surface area contributed by atoms with Gasteiger partial charge in [-0.2, -0.15) is 0 Å². The average molecular weight is 267 g/mol. The summed E-state index contributed by atoms with van der Waals surface area (Å²) in [7, 11) is 0. The van der Waals surface area contributed by atoms with Crippen molar-refractivity contribution in [3.8, 4) is 17.0 Å². The molecule has 3 N–H and O–H groups in total. The molecule has 0 aliphatic heterocycles. The van der Waals surface area contributed by atoms with Crippen LogP contribution in [-0.4, -0.2) is 21.0 Å². The zero-order valence-corrected chi connectivity index (χ0v) is 10.8. The molecule has 0 atom stereocenters. The van der Waals surface area contributed by atoms with Crippen LogP contribution in [0.1, 0.15) is 6.92 Å². The highest BCUT2D eigenvalue weighted by Gasteiger charge is 2.12. The summed E-state index contributed by atoms with van der Waals surface area (Å²) in [6.45, 7) is 1.41. The molecule has 1 amide bonds. The zero-order chi connectivity index (χ0) is 14.1. The number of aromatic hydroxyl groups is 1. The van der Waals surface area contributed by atoms with E-state index in [2.05, 4.69) is 15.3 Å². The minimum atomic E-state index is -0.201. The van der Waals surface area contributed by atoms with Crippen molar-refractivity contribution in [2.45, 2.75) is 6.92 Å². The molecular formula is C15H13N3O2. The molecule has 0 bridgehead atoms. The molecule has 2 aromatic carbocycles. The van der Waals surface area contributed by atoms with Gasteiger partial charge in [-0.05, 0) is 16.8 Å². The Morgan fingerprint density at radius 3 is 2.85 bits per heavy atom. The van der Waals surface area contributed by atoms with Crippen molar-refractivity contribution in [1.29, 1.82) is 0 Å². The fourth-order valence-corrected chi connectivity index (χ4v) is 2.22.